The second-order valence-corrected chi connectivity index (χ2v) is 8.80. The molecule has 1 aromatic rings. The van der Waals surface area contributed by atoms with E-state index in [0.29, 0.717) is 12.0 Å². The molecule has 0 fully saturated rings. The average molecular weight is 378 g/mol. The van der Waals surface area contributed by atoms with Crippen molar-refractivity contribution in [3.63, 3.8) is 0 Å². The van der Waals surface area contributed by atoms with Gasteiger partial charge >= 0.3 is 0 Å². The lowest BCUT2D eigenvalue weighted by Gasteiger charge is -2.12. The summed E-state index contributed by atoms with van der Waals surface area (Å²) in [6.07, 6.45) is 27.0. The first-order valence-corrected chi connectivity index (χ1v) is 12.3. The number of aromatic nitrogens is 2. The molecule has 0 aromatic carbocycles. The van der Waals surface area contributed by atoms with Crippen molar-refractivity contribution in [3.05, 3.63) is 18.2 Å². The minimum Gasteiger partial charge on any atom is -0.247 e. The highest BCUT2D eigenvalue weighted by molar-refractivity contribution is 4.86. The Balaban J connectivity index is 1.94. The zero-order valence-electron chi connectivity index (χ0n) is 19.1. The minimum absolute atomic E-state index is 0.623. The molecule has 1 rings (SSSR count). The van der Waals surface area contributed by atoms with E-state index >= 15 is 0 Å². The molecular formula is C25H49N2+. The van der Waals surface area contributed by atoms with Crippen LogP contribution in [-0.2, 0) is 0 Å². The van der Waals surface area contributed by atoms with E-state index < -0.39 is 0 Å². The smallest absolute Gasteiger partial charge is 0.247 e. The van der Waals surface area contributed by atoms with E-state index in [4.69, 9.17) is 0 Å². The highest BCUT2D eigenvalue weighted by atomic mass is 15.1. The van der Waals surface area contributed by atoms with Gasteiger partial charge in [-0.2, -0.15) is 0 Å². The number of unbranched alkanes of at least 4 members (excludes halogenated alkanes) is 13. The Bertz CT molecular complexity index is 437. The molecule has 1 N–H and O–H groups in total. The van der Waals surface area contributed by atoms with Crippen LogP contribution in [0.15, 0.2) is 12.4 Å². The predicted octanol–water partition coefficient (Wildman–Crippen LogP) is 8.25. The van der Waals surface area contributed by atoms with Crippen molar-refractivity contribution in [2.24, 2.45) is 0 Å². The quantitative estimate of drug-likeness (QED) is 0.196. The summed E-state index contributed by atoms with van der Waals surface area (Å²) in [5.41, 5.74) is 0. The molecule has 0 radical (unpaired) electrons. The molecule has 0 amide bonds. The van der Waals surface area contributed by atoms with Gasteiger partial charge in [-0.05, 0) is 26.2 Å². The number of nitrogens with one attached hydrogen (secondary N) is 1. The summed E-state index contributed by atoms with van der Waals surface area (Å²) < 4.78 is 2.47. The Labute approximate surface area is 170 Å². The summed E-state index contributed by atoms with van der Waals surface area (Å²) >= 11 is 0. The molecule has 0 saturated heterocycles. The van der Waals surface area contributed by atoms with Crippen LogP contribution in [0.5, 0.6) is 0 Å². The molecule has 2 heteroatoms. The highest BCUT2D eigenvalue weighted by Gasteiger charge is 2.20. The topological polar surface area (TPSA) is 19.7 Å². The van der Waals surface area contributed by atoms with E-state index in [1.807, 2.05) is 0 Å². The molecule has 0 aliphatic rings. The second kappa shape index (κ2) is 16.2. The maximum atomic E-state index is 3.45. The van der Waals surface area contributed by atoms with Crippen molar-refractivity contribution in [1.29, 1.82) is 0 Å². The number of H-pyrrole nitrogens is 1. The zero-order valence-corrected chi connectivity index (χ0v) is 19.1. The van der Waals surface area contributed by atoms with Gasteiger partial charge in [0, 0.05) is 0 Å². The number of rotatable bonds is 18. The molecule has 0 spiro atoms. The number of hydrogen-bond acceptors (Lipinski definition) is 0. The van der Waals surface area contributed by atoms with Crippen molar-refractivity contribution in [2.45, 2.75) is 142 Å². The fourth-order valence-electron chi connectivity index (χ4n) is 4.11. The number of nitrogens with zero attached hydrogens (tertiary/aromatic N) is 1. The third-order valence-electron chi connectivity index (χ3n) is 6.27. The van der Waals surface area contributed by atoms with Gasteiger partial charge in [0.05, 0.1) is 12.0 Å². The molecule has 0 aliphatic heterocycles. The van der Waals surface area contributed by atoms with Crippen LogP contribution in [0.25, 0.3) is 0 Å². The standard InChI is InChI=1S/C25H48N2/c1-5-7-8-9-10-11-12-13-14-15-16-17-18-19-20-24(4)27-22-21-26-25(27)23(3)6-2/h21-24H,5-20H2,1-4H3/p+1. The highest BCUT2D eigenvalue weighted by Crippen LogP contribution is 2.18. The van der Waals surface area contributed by atoms with E-state index in [1.54, 1.807) is 0 Å². The second-order valence-electron chi connectivity index (χ2n) is 8.80. The van der Waals surface area contributed by atoms with Crippen molar-refractivity contribution in [3.8, 4) is 0 Å². The molecule has 2 unspecified atom stereocenters. The monoisotopic (exact) mass is 377 g/mol. The summed E-state index contributed by atoms with van der Waals surface area (Å²) in [6, 6.07) is 0.623. The van der Waals surface area contributed by atoms with Crippen molar-refractivity contribution < 1.29 is 4.57 Å². The Morgan fingerprint density at radius 1 is 0.741 bits per heavy atom. The van der Waals surface area contributed by atoms with Crippen LogP contribution in [0.3, 0.4) is 0 Å². The summed E-state index contributed by atoms with van der Waals surface area (Å²) in [5, 5.41) is 0. The van der Waals surface area contributed by atoms with Crippen LogP contribution >= 0.6 is 0 Å². The molecule has 1 aromatic heterocycles. The van der Waals surface area contributed by atoms with Gasteiger partial charge in [-0.3, -0.25) is 0 Å². The molecule has 158 valence electrons. The van der Waals surface area contributed by atoms with Crippen LogP contribution in [0.2, 0.25) is 0 Å². The van der Waals surface area contributed by atoms with Crippen LogP contribution in [0.1, 0.15) is 148 Å². The largest absolute Gasteiger partial charge is 0.257 e. The number of aromatic amines is 1. The van der Waals surface area contributed by atoms with Crippen LogP contribution < -0.4 is 4.57 Å². The Hall–Kier alpha value is -0.790. The molecule has 1 heterocycles. The van der Waals surface area contributed by atoms with E-state index in [1.165, 1.54) is 109 Å². The molecule has 0 aliphatic carbocycles. The Morgan fingerprint density at radius 3 is 1.70 bits per heavy atom. The van der Waals surface area contributed by atoms with Gasteiger partial charge in [-0.25, -0.2) is 9.55 Å². The Kier molecular flexibility index (Phi) is 14.5. The number of imidazole rings is 1. The summed E-state index contributed by atoms with van der Waals surface area (Å²) in [4.78, 5) is 3.45. The van der Waals surface area contributed by atoms with Crippen LogP contribution in [0.4, 0.5) is 0 Å². The first-order chi connectivity index (χ1) is 13.2. The van der Waals surface area contributed by atoms with Gasteiger partial charge in [-0.1, -0.05) is 104 Å². The average Bonchev–Trinajstić information content (AvgIpc) is 3.17. The van der Waals surface area contributed by atoms with E-state index in [9.17, 15) is 0 Å². The van der Waals surface area contributed by atoms with E-state index in [0.717, 1.165) is 0 Å². The summed E-state index contributed by atoms with van der Waals surface area (Å²) in [6.45, 7) is 9.27. The molecule has 2 atom stereocenters. The first-order valence-electron chi connectivity index (χ1n) is 12.3. The van der Waals surface area contributed by atoms with Gasteiger partial charge in [0.15, 0.2) is 0 Å². The Morgan fingerprint density at radius 2 is 1.22 bits per heavy atom. The maximum Gasteiger partial charge on any atom is 0.257 e. The molecule has 0 bridgehead atoms. The van der Waals surface area contributed by atoms with Crippen molar-refractivity contribution in [1.82, 2.24) is 4.98 Å². The lowest BCUT2D eigenvalue weighted by molar-refractivity contribution is -0.727. The summed E-state index contributed by atoms with van der Waals surface area (Å²) in [5.74, 6) is 2.02. The fraction of sp³-hybridized carbons (Fsp3) is 0.880. The number of hydrogen-bond donors (Lipinski definition) is 1. The van der Waals surface area contributed by atoms with Crippen molar-refractivity contribution >= 4 is 0 Å². The van der Waals surface area contributed by atoms with Crippen molar-refractivity contribution in [2.75, 3.05) is 0 Å². The van der Waals surface area contributed by atoms with Gasteiger partial charge < -0.3 is 0 Å². The van der Waals surface area contributed by atoms with Gasteiger partial charge in [0.25, 0.3) is 5.82 Å². The molecule has 27 heavy (non-hydrogen) atoms. The van der Waals surface area contributed by atoms with Crippen LogP contribution in [-0.4, -0.2) is 4.98 Å². The van der Waals surface area contributed by atoms with Gasteiger partial charge in [0.2, 0.25) is 0 Å². The normalized spacial score (nSPS) is 13.8. The maximum absolute atomic E-state index is 3.45. The van der Waals surface area contributed by atoms with Crippen LogP contribution in [0, 0.1) is 0 Å². The SMILES string of the molecule is CCCCCCCCCCCCCCCCC(C)[n+]1cc[nH]c1C(C)CC. The van der Waals surface area contributed by atoms with Gasteiger partial charge in [0.1, 0.15) is 12.4 Å². The van der Waals surface area contributed by atoms with E-state index in [2.05, 4.69) is 49.6 Å². The third kappa shape index (κ3) is 11.0. The predicted molar refractivity (Wildman–Crippen MR) is 119 cm³/mol. The summed E-state index contributed by atoms with van der Waals surface area (Å²) in [7, 11) is 0. The fourth-order valence-corrected chi connectivity index (χ4v) is 4.11. The zero-order chi connectivity index (χ0) is 19.7. The van der Waals surface area contributed by atoms with E-state index in [-0.39, 0.29) is 0 Å². The lowest BCUT2D eigenvalue weighted by Crippen LogP contribution is -2.40. The van der Waals surface area contributed by atoms with Gasteiger partial charge in [-0.15, -0.1) is 0 Å². The third-order valence-corrected chi connectivity index (χ3v) is 6.27. The molecule has 0 saturated carbocycles. The first kappa shape index (κ1) is 24.2. The molecular weight excluding hydrogens is 328 g/mol. The lowest BCUT2D eigenvalue weighted by atomic mass is 10.0. The molecule has 2 nitrogen and oxygen atoms in total. The minimum atomic E-state index is 0.623.